The molecule has 0 spiro atoms. The number of nitrogens with one attached hydrogen (secondary N) is 1. The molecule has 0 bridgehead atoms. The summed E-state index contributed by atoms with van der Waals surface area (Å²) in [7, 11) is -3.23. The third-order valence-electron chi connectivity index (χ3n) is 4.61. The van der Waals surface area contributed by atoms with Crippen LogP contribution in [0.4, 0.5) is 11.4 Å². The summed E-state index contributed by atoms with van der Waals surface area (Å²) in [5.74, 6) is 0. The Morgan fingerprint density at radius 1 is 1.00 bits per heavy atom. The van der Waals surface area contributed by atoms with Crippen LogP contribution in [0.1, 0.15) is 12.8 Å². The lowest BCUT2D eigenvalue weighted by Gasteiger charge is -2.11. The van der Waals surface area contributed by atoms with Crippen molar-refractivity contribution in [2.24, 2.45) is 0 Å². The maximum absolute atomic E-state index is 12.6. The van der Waals surface area contributed by atoms with Crippen molar-refractivity contribution in [3.63, 3.8) is 0 Å². The molecule has 0 atom stereocenters. The van der Waals surface area contributed by atoms with Crippen LogP contribution in [0.2, 0.25) is 0 Å². The summed E-state index contributed by atoms with van der Waals surface area (Å²) in [6.07, 6.45) is 3.24. The molecular formula is C19H15N3O2S2. The molecule has 2 aromatic carbocycles. The minimum absolute atomic E-state index is 0.222. The SMILES string of the molecule is O=S(=O)(c1ccc2nccc(Nc3ccc4scnc4c3)c2c1)C1CC1. The van der Waals surface area contributed by atoms with E-state index in [-0.39, 0.29) is 5.25 Å². The van der Waals surface area contributed by atoms with Crippen molar-refractivity contribution < 1.29 is 8.42 Å². The number of aromatic nitrogens is 2. The van der Waals surface area contributed by atoms with Gasteiger partial charge in [-0.3, -0.25) is 4.98 Å². The summed E-state index contributed by atoms with van der Waals surface area (Å²) in [6.45, 7) is 0. The van der Waals surface area contributed by atoms with Gasteiger partial charge in [-0.1, -0.05) is 0 Å². The van der Waals surface area contributed by atoms with Crippen LogP contribution in [0.15, 0.2) is 59.1 Å². The predicted molar refractivity (Wildman–Crippen MR) is 105 cm³/mol. The maximum atomic E-state index is 12.6. The summed E-state index contributed by atoms with van der Waals surface area (Å²) >= 11 is 1.60. The van der Waals surface area contributed by atoms with Crippen LogP contribution in [0.5, 0.6) is 0 Å². The van der Waals surface area contributed by atoms with Crippen molar-refractivity contribution in [1.82, 2.24) is 9.97 Å². The molecule has 4 aromatic rings. The molecule has 5 nitrogen and oxygen atoms in total. The first-order chi connectivity index (χ1) is 12.6. The van der Waals surface area contributed by atoms with Crippen LogP contribution < -0.4 is 5.32 Å². The summed E-state index contributed by atoms with van der Waals surface area (Å²) in [5, 5.41) is 3.96. The monoisotopic (exact) mass is 381 g/mol. The average molecular weight is 381 g/mol. The van der Waals surface area contributed by atoms with Gasteiger partial charge in [0, 0.05) is 23.0 Å². The van der Waals surface area contributed by atoms with Crippen molar-refractivity contribution in [1.29, 1.82) is 0 Å². The van der Waals surface area contributed by atoms with Crippen LogP contribution >= 0.6 is 11.3 Å². The van der Waals surface area contributed by atoms with Crippen LogP contribution in [-0.2, 0) is 9.84 Å². The van der Waals surface area contributed by atoms with Gasteiger partial charge >= 0.3 is 0 Å². The Labute approximate surface area is 154 Å². The van der Waals surface area contributed by atoms with E-state index in [2.05, 4.69) is 15.3 Å². The maximum Gasteiger partial charge on any atom is 0.181 e. The molecule has 5 rings (SSSR count). The minimum atomic E-state index is -3.23. The van der Waals surface area contributed by atoms with Gasteiger partial charge in [0.15, 0.2) is 9.84 Å². The highest BCUT2D eigenvalue weighted by Crippen LogP contribution is 2.36. The van der Waals surface area contributed by atoms with E-state index in [0.717, 1.165) is 45.3 Å². The lowest BCUT2D eigenvalue weighted by atomic mass is 10.2. The van der Waals surface area contributed by atoms with E-state index in [1.807, 2.05) is 29.8 Å². The van der Waals surface area contributed by atoms with E-state index < -0.39 is 9.84 Å². The number of pyridine rings is 1. The van der Waals surface area contributed by atoms with Crippen LogP contribution in [0.25, 0.3) is 21.1 Å². The van der Waals surface area contributed by atoms with Gasteiger partial charge in [-0.05, 0) is 55.3 Å². The molecular weight excluding hydrogens is 366 g/mol. The summed E-state index contributed by atoms with van der Waals surface area (Å²) in [6, 6.07) is 13.1. The number of thiazole rings is 1. The molecule has 0 saturated heterocycles. The third-order valence-corrected chi connectivity index (χ3v) is 7.68. The minimum Gasteiger partial charge on any atom is -0.355 e. The second-order valence-corrected chi connectivity index (χ2v) is 9.56. The second kappa shape index (κ2) is 5.75. The van der Waals surface area contributed by atoms with Gasteiger partial charge < -0.3 is 5.32 Å². The highest BCUT2D eigenvalue weighted by atomic mass is 32.2. The molecule has 1 saturated carbocycles. The number of sulfone groups is 1. The molecule has 0 radical (unpaired) electrons. The summed E-state index contributed by atoms with van der Waals surface area (Å²) in [5.41, 5.74) is 5.27. The fraction of sp³-hybridized carbons (Fsp3) is 0.158. The number of hydrogen-bond acceptors (Lipinski definition) is 6. The Bertz CT molecular complexity index is 1240. The van der Waals surface area contributed by atoms with E-state index in [1.54, 1.807) is 35.7 Å². The van der Waals surface area contributed by atoms with Crippen molar-refractivity contribution in [2.75, 3.05) is 5.32 Å². The number of benzene rings is 2. The van der Waals surface area contributed by atoms with Gasteiger partial charge in [-0.15, -0.1) is 11.3 Å². The normalized spacial score (nSPS) is 14.8. The first-order valence-electron chi connectivity index (χ1n) is 8.34. The van der Waals surface area contributed by atoms with E-state index in [9.17, 15) is 8.42 Å². The Morgan fingerprint density at radius 3 is 2.73 bits per heavy atom. The molecule has 26 heavy (non-hydrogen) atoms. The smallest absolute Gasteiger partial charge is 0.181 e. The molecule has 2 heterocycles. The van der Waals surface area contributed by atoms with Crippen molar-refractivity contribution in [3.8, 4) is 0 Å². The molecule has 1 fully saturated rings. The van der Waals surface area contributed by atoms with Crippen LogP contribution in [0, 0.1) is 0 Å². The van der Waals surface area contributed by atoms with Gasteiger partial charge in [0.25, 0.3) is 0 Å². The fourth-order valence-corrected chi connectivity index (χ4v) is 5.41. The lowest BCUT2D eigenvalue weighted by Crippen LogP contribution is -2.07. The first-order valence-corrected chi connectivity index (χ1v) is 10.8. The second-order valence-electron chi connectivity index (χ2n) is 6.44. The number of anilines is 2. The molecule has 0 unspecified atom stereocenters. The zero-order valence-corrected chi connectivity index (χ0v) is 15.3. The molecule has 2 aromatic heterocycles. The Balaban J connectivity index is 1.60. The quantitative estimate of drug-likeness (QED) is 0.562. The first kappa shape index (κ1) is 15.7. The van der Waals surface area contributed by atoms with Crippen molar-refractivity contribution in [2.45, 2.75) is 23.0 Å². The Morgan fingerprint density at radius 2 is 1.88 bits per heavy atom. The van der Waals surface area contributed by atoms with Gasteiger partial charge in [-0.2, -0.15) is 0 Å². The topological polar surface area (TPSA) is 72.0 Å². The van der Waals surface area contributed by atoms with E-state index in [4.69, 9.17) is 0 Å². The third kappa shape index (κ3) is 2.64. The Kier molecular flexibility index (Phi) is 3.48. The van der Waals surface area contributed by atoms with Gasteiger partial charge in [-0.25, -0.2) is 13.4 Å². The van der Waals surface area contributed by atoms with Gasteiger partial charge in [0.2, 0.25) is 0 Å². The molecule has 1 aliphatic carbocycles. The number of nitrogens with zero attached hydrogens (tertiary/aromatic N) is 2. The largest absolute Gasteiger partial charge is 0.355 e. The predicted octanol–water partition coefficient (Wildman–Crippen LogP) is 4.52. The van der Waals surface area contributed by atoms with Crippen LogP contribution in [0.3, 0.4) is 0 Å². The van der Waals surface area contributed by atoms with E-state index in [1.165, 1.54) is 0 Å². The summed E-state index contributed by atoms with van der Waals surface area (Å²) < 4.78 is 26.3. The number of hydrogen-bond donors (Lipinski definition) is 1. The van der Waals surface area contributed by atoms with E-state index in [0.29, 0.717) is 4.90 Å². The Hall–Kier alpha value is -2.51. The highest BCUT2D eigenvalue weighted by Gasteiger charge is 2.36. The zero-order valence-electron chi connectivity index (χ0n) is 13.7. The van der Waals surface area contributed by atoms with Gasteiger partial charge in [0.05, 0.1) is 31.4 Å². The number of fused-ring (bicyclic) bond motifs is 2. The fourth-order valence-electron chi connectivity index (χ4n) is 3.07. The van der Waals surface area contributed by atoms with Crippen molar-refractivity contribution in [3.05, 3.63) is 54.2 Å². The highest BCUT2D eigenvalue weighted by molar-refractivity contribution is 7.92. The molecule has 1 N–H and O–H groups in total. The summed E-state index contributed by atoms with van der Waals surface area (Å²) in [4.78, 5) is 9.08. The molecule has 7 heteroatoms. The standard InChI is InChI=1S/C19H15N3O2S2/c23-26(24,13-2-3-13)14-4-5-16-15(10-14)17(7-8-20-16)22-12-1-6-19-18(9-12)21-11-25-19/h1,4-11,13H,2-3H2,(H,20,22). The average Bonchev–Trinajstić information content (AvgIpc) is 3.41. The van der Waals surface area contributed by atoms with E-state index >= 15 is 0 Å². The van der Waals surface area contributed by atoms with Crippen molar-refractivity contribution >= 4 is 53.7 Å². The lowest BCUT2D eigenvalue weighted by molar-refractivity contribution is 0.595. The molecule has 1 aliphatic rings. The zero-order chi connectivity index (χ0) is 17.7. The van der Waals surface area contributed by atoms with Gasteiger partial charge in [0.1, 0.15) is 0 Å². The van der Waals surface area contributed by atoms with Crippen LogP contribution in [-0.4, -0.2) is 23.6 Å². The number of rotatable bonds is 4. The molecule has 0 amide bonds. The molecule has 0 aliphatic heterocycles. The molecule has 130 valence electrons.